The molecule has 0 spiro atoms. The molecule has 3 nitrogen and oxygen atoms in total. The van der Waals surface area contributed by atoms with Crippen LogP contribution in [0.1, 0.15) is 22.9 Å². The van der Waals surface area contributed by atoms with Gasteiger partial charge in [0.2, 0.25) is 5.90 Å². The van der Waals surface area contributed by atoms with Gasteiger partial charge in [-0.1, -0.05) is 48.5 Å². The topological polar surface area (TPSA) is 34.5 Å². The van der Waals surface area contributed by atoms with E-state index in [1.54, 1.807) is 0 Å². The maximum Gasteiger partial charge on any atom is 0.237 e. The van der Waals surface area contributed by atoms with Crippen molar-refractivity contribution in [1.29, 1.82) is 0 Å². The molecular weight excluding hydrogens is 272 g/mol. The Kier molecular flexibility index (Phi) is 2.39. The molecule has 0 amide bonds. The van der Waals surface area contributed by atoms with Crippen molar-refractivity contribution in [1.82, 2.24) is 4.98 Å². The summed E-state index contributed by atoms with van der Waals surface area (Å²) < 4.78 is 6.15. The van der Waals surface area contributed by atoms with Crippen LogP contribution in [-0.2, 0) is 11.2 Å². The molecule has 0 bridgehead atoms. The van der Waals surface area contributed by atoms with Crippen LogP contribution < -0.4 is 0 Å². The molecule has 1 aliphatic carbocycles. The molecular formula is C19H14N2O. The monoisotopic (exact) mass is 286 g/mol. The number of nitrogens with zero attached hydrogens (tertiary/aromatic N) is 2. The van der Waals surface area contributed by atoms with Crippen LogP contribution in [0.25, 0.3) is 10.8 Å². The minimum absolute atomic E-state index is 0.118. The predicted octanol–water partition coefficient (Wildman–Crippen LogP) is 3.68. The molecule has 2 aromatic carbocycles. The first-order chi connectivity index (χ1) is 10.9. The molecule has 0 radical (unpaired) electrons. The molecule has 22 heavy (non-hydrogen) atoms. The van der Waals surface area contributed by atoms with E-state index in [4.69, 9.17) is 9.73 Å². The van der Waals surface area contributed by atoms with Crippen molar-refractivity contribution < 1.29 is 4.74 Å². The summed E-state index contributed by atoms with van der Waals surface area (Å²) in [5.41, 5.74) is 3.50. The summed E-state index contributed by atoms with van der Waals surface area (Å²) >= 11 is 0. The van der Waals surface area contributed by atoms with Gasteiger partial charge in [0, 0.05) is 18.0 Å². The fourth-order valence-electron chi connectivity index (χ4n) is 3.50. The highest BCUT2D eigenvalue weighted by Gasteiger charge is 2.39. The minimum Gasteiger partial charge on any atom is -0.470 e. The van der Waals surface area contributed by atoms with Gasteiger partial charge in [0.1, 0.15) is 17.8 Å². The Morgan fingerprint density at radius 1 is 0.955 bits per heavy atom. The number of fused-ring (bicyclic) bond motifs is 4. The third-order valence-corrected chi connectivity index (χ3v) is 4.54. The molecule has 2 atom stereocenters. The van der Waals surface area contributed by atoms with Crippen molar-refractivity contribution in [3.63, 3.8) is 0 Å². The Morgan fingerprint density at radius 2 is 1.82 bits per heavy atom. The van der Waals surface area contributed by atoms with Gasteiger partial charge in [-0.2, -0.15) is 0 Å². The Balaban J connectivity index is 1.63. The smallest absolute Gasteiger partial charge is 0.237 e. The fourth-order valence-corrected chi connectivity index (χ4v) is 3.50. The van der Waals surface area contributed by atoms with E-state index >= 15 is 0 Å². The van der Waals surface area contributed by atoms with Crippen LogP contribution in [0.2, 0.25) is 0 Å². The zero-order chi connectivity index (χ0) is 14.5. The average molecular weight is 286 g/mol. The van der Waals surface area contributed by atoms with Gasteiger partial charge in [-0.15, -0.1) is 0 Å². The Hall–Kier alpha value is -2.68. The molecule has 2 unspecified atom stereocenters. The van der Waals surface area contributed by atoms with Gasteiger partial charge in [-0.05, 0) is 22.6 Å². The van der Waals surface area contributed by atoms with Gasteiger partial charge in [-0.3, -0.25) is 4.98 Å². The lowest BCUT2D eigenvalue weighted by Gasteiger charge is -2.09. The van der Waals surface area contributed by atoms with Crippen LogP contribution in [0.15, 0.2) is 65.8 Å². The number of pyridine rings is 1. The quantitative estimate of drug-likeness (QED) is 0.684. The summed E-state index contributed by atoms with van der Waals surface area (Å²) in [6.45, 7) is 0. The first-order valence-corrected chi connectivity index (χ1v) is 7.56. The summed E-state index contributed by atoms with van der Waals surface area (Å²) in [7, 11) is 0. The summed E-state index contributed by atoms with van der Waals surface area (Å²) in [5.74, 6) is 0.682. The lowest BCUT2D eigenvalue weighted by molar-refractivity contribution is 0.206. The van der Waals surface area contributed by atoms with E-state index in [1.165, 1.54) is 11.1 Å². The van der Waals surface area contributed by atoms with Gasteiger partial charge in [0.05, 0.1) is 0 Å². The molecule has 1 aliphatic heterocycles. The first kappa shape index (κ1) is 11.9. The van der Waals surface area contributed by atoms with Crippen molar-refractivity contribution >= 4 is 16.7 Å². The predicted molar refractivity (Wildman–Crippen MR) is 86.0 cm³/mol. The van der Waals surface area contributed by atoms with E-state index in [9.17, 15) is 0 Å². The van der Waals surface area contributed by atoms with Crippen LogP contribution in [0, 0.1) is 0 Å². The number of benzene rings is 2. The first-order valence-electron chi connectivity index (χ1n) is 7.56. The van der Waals surface area contributed by atoms with Crippen LogP contribution in [-0.4, -0.2) is 17.0 Å². The molecule has 0 saturated carbocycles. The number of hydrogen-bond acceptors (Lipinski definition) is 3. The largest absolute Gasteiger partial charge is 0.470 e. The van der Waals surface area contributed by atoms with Crippen molar-refractivity contribution in [2.45, 2.75) is 18.6 Å². The molecule has 1 aromatic heterocycles. The second-order valence-electron chi connectivity index (χ2n) is 5.82. The Morgan fingerprint density at radius 3 is 2.82 bits per heavy atom. The van der Waals surface area contributed by atoms with Gasteiger partial charge in [-0.25, -0.2) is 4.99 Å². The van der Waals surface area contributed by atoms with Crippen LogP contribution in [0.4, 0.5) is 0 Å². The van der Waals surface area contributed by atoms with Crippen LogP contribution in [0.3, 0.4) is 0 Å². The van der Waals surface area contributed by atoms with Gasteiger partial charge in [0.25, 0.3) is 0 Å². The van der Waals surface area contributed by atoms with Crippen LogP contribution >= 0.6 is 0 Å². The maximum atomic E-state index is 6.15. The summed E-state index contributed by atoms with van der Waals surface area (Å²) in [5, 5.41) is 2.26. The van der Waals surface area contributed by atoms with Crippen LogP contribution in [0.5, 0.6) is 0 Å². The highest BCUT2D eigenvalue weighted by atomic mass is 16.5. The van der Waals surface area contributed by atoms with E-state index in [0.29, 0.717) is 5.90 Å². The standard InChI is InChI=1S/C19H14N2O/c1-3-7-14-12(5-1)9-10-20-18(14)19-21-17-15-8-4-2-6-13(15)11-16(17)22-19/h1-10,16-17H,11H2. The normalized spacial score (nSPS) is 22.1. The van der Waals surface area contributed by atoms with Gasteiger partial charge < -0.3 is 4.74 Å². The highest BCUT2D eigenvalue weighted by Crippen LogP contribution is 2.40. The molecule has 2 aliphatic rings. The summed E-state index contributed by atoms with van der Waals surface area (Å²) in [6.07, 6.45) is 2.87. The minimum atomic E-state index is 0.118. The zero-order valence-corrected chi connectivity index (χ0v) is 11.9. The third kappa shape index (κ3) is 1.62. The number of hydrogen-bond donors (Lipinski definition) is 0. The van der Waals surface area contributed by atoms with E-state index in [0.717, 1.165) is 22.9 Å². The SMILES string of the molecule is c1ccc2c(c1)CC1OC(c3nccc4ccccc34)=NC21. The van der Waals surface area contributed by atoms with Gasteiger partial charge in [0.15, 0.2) is 0 Å². The Labute approximate surface area is 128 Å². The second-order valence-corrected chi connectivity index (χ2v) is 5.82. The molecule has 0 N–H and O–H groups in total. The van der Waals surface area contributed by atoms with E-state index < -0.39 is 0 Å². The third-order valence-electron chi connectivity index (χ3n) is 4.54. The number of rotatable bonds is 1. The second kappa shape index (κ2) is 4.41. The van der Waals surface area contributed by atoms with Gasteiger partial charge >= 0.3 is 0 Å². The maximum absolute atomic E-state index is 6.15. The number of aliphatic imine (C=N–C) groups is 1. The lowest BCUT2D eigenvalue weighted by atomic mass is 10.1. The van der Waals surface area contributed by atoms with Crippen molar-refractivity contribution in [2.24, 2.45) is 4.99 Å². The summed E-state index contributed by atoms with van der Waals surface area (Å²) in [6, 6.07) is 18.8. The molecule has 2 heterocycles. The van der Waals surface area contributed by atoms with Crippen molar-refractivity contribution in [3.8, 4) is 0 Å². The molecule has 0 fully saturated rings. The summed E-state index contributed by atoms with van der Waals surface area (Å²) in [4.78, 5) is 9.36. The average Bonchev–Trinajstić information content (AvgIpc) is 3.12. The Bertz CT molecular complexity index is 911. The van der Waals surface area contributed by atoms with Crippen molar-refractivity contribution in [2.75, 3.05) is 0 Å². The number of aromatic nitrogens is 1. The highest BCUT2D eigenvalue weighted by molar-refractivity contribution is 6.05. The fraction of sp³-hybridized carbons (Fsp3) is 0.158. The van der Waals surface area contributed by atoms with Crippen molar-refractivity contribution in [3.05, 3.63) is 77.6 Å². The zero-order valence-electron chi connectivity index (χ0n) is 11.9. The number of ether oxygens (including phenoxy) is 1. The van der Waals surface area contributed by atoms with E-state index in [2.05, 4.69) is 41.4 Å². The lowest BCUT2D eigenvalue weighted by Crippen LogP contribution is -2.14. The molecule has 106 valence electrons. The molecule has 3 aromatic rings. The molecule has 3 heteroatoms. The molecule has 0 saturated heterocycles. The van der Waals surface area contributed by atoms with E-state index in [1.807, 2.05) is 24.4 Å². The molecule has 5 rings (SSSR count). The van der Waals surface area contributed by atoms with E-state index in [-0.39, 0.29) is 12.1 Å².